The van der Waals surface area contributed by atoms with Crippen LogP contribution in [-0.2, 0) is 21.2 Å². The Morgan fingerprint density at radius 3 is 2.24 bits per heavy atom. The fourth-order valence-corrected chi connectivity index (χ4v) is 4.52. The minimum atomic E-state index is -3.66. The van der Waals surface area contributed by atoms with Crippen molar-refractivity contribution in [3.63, 3.8) is 0 Å². The molecule has 0 radical (unpaired) electrons. The number of benzene rings is 3. The van der Waals surface area contributed by atoms with E-state index in [4.69, 9.17) is 4.74 Å². The quantitative estimate of drug-likeness (QED) is 0.482. The molecule has 0 spiro atoms. The van der Waals surface area contributed by atoms with Gasteiger partial charge in [0.05, 0.1) is 10.6 Å². The lowest BCUT2D eigenvalue weighted by Crippen LogP contribution is -2.36. The Balaban J connectivity index is 1.49. The second-order valence-electron chi connectivity index (χ2n) is 8.06. The third kappa shape index (κ3) is 6.83. The van der Waals surface area contributed by atoms with Crippen molar-refractivity contribution in [2.45, 2.75) is 37.6 Å². The molecule has 3 aromatic rings. The molecule has 0 bridgehead atoms. The zero-order chi connectivity index (χ0) is 23.8. The Kier molecular flexibility index (Phi) is 8.11. The maximum Gasteiger partial charge on any atom is 0.264 e. The molecule has 33 heavy (non-hydrogen) atoms. The van der Waals surface area contributed by atoms with Crippen molar-refractivity contribution in [1.82, 2.24) is 5.32 Å². The molecule has 0 heterocycles. The van der Waals surface area contributed by atoms with Gasteiger partial charge in [0, 0.05) is 13.1 Å². The number of sulfonamides is 1. The van der Waals surface area contributed by atoms with Crippen LogP contribution in [0.2, 0.25) is 0 Å². The molecule has 1 N–H and O–H groups in total. The number of hydrogen-bond donors (Lipinski definition) is 1. The highest BCUT2D eigenvalue weighted by atomic mass is 32.2. The summed E-state index contributed by atoms with van der Waals surface area (Å²) in [5.41, 5.74) is 2.74. The summed E-state index contributed by atoms with van der Waals surface area (Å²) in [6, 6.07) is 23.5. The summed E-state index contributed by atoms with van der Waals surface area (Å²) < 4.78 is 32.5. The van der Waals surface area contributed by atoms with Gasteiger partial charge < -0.3 is 10.1 Å². The lowest BCUT2D eigenvalue weighted by atomic mass is 10.1. The molecule has 3 aromatic carbocycles. The number of aryl methyl sites for hydroxylation is 2. The molecule has 6 nitrogen and oxygen atoms in total. The van der Waals surface area contributed by atoms with E-state index in [-0.39, 0.29) is 23.5 Å². The molecule has 1 unspecified atom stereocenters. The van der Waals surface area contributed by atoms with Gasteiger partial charge in [-0.3, -0.25) is 9.10 Å². The van der Waals surface area contributed by atoms with Crippen molar-refractivity contribution in [3.8, 4) is 5.75 Å². The first-order valence-electron chi connectivity index (χ1n) is 10.9. The van der Waals surface area contributed by atoms with Gasteiger partial charge in [0.2, 0.25) is 0 Å². The average molecular weight is 467 g/mol. The predicted octanol–water partition coefficient (Wildman–Crippen LogP) is 4.34. The SMILES string of the molecule is Cc1ccc(S(=O)(=O)N(C)c2ccc(OCC(=O)NC(C)CCc3ccccc3)cc2)cc1. The number of carbonyl (C=O) groups is 1. The molecule has 0 aromatic heterocycles. The molecule has 0 saturated carbocycles. The normalized spacial score (nSPS) is 12.1. The van der Waals surface area contributed by atoms with Gasteiger partial charge in [0.15, 0.2) is 6.61 Å². The van der Waals surface area contributed by atoms with E-state index >= 15 is 0 Å². The van der Waals surface area contributed by atoms with Crippen LogP contribution in [0.4, 0.5) is 5.69 Å². The number of anilines is 1. The molecule has 0 saturated heterocycles. The maximum absolute atomic E-state index is 12.8. The van der Waals surface area contributed by atoms with Crippen molar-refractivity contribution in [3.05, 3.63) is 90.0 Å². The van der Waals surface area contributed by atoms with Gasteiger partial charge in [-0.25, -0.2) is 8.42 Å². The van der Waals surface area contributed by atoms with Gasteiger partial charge in [-0.1, -0.05) is 48.0 Å². The third-order valence-electron chi connectivity index (χ3n) is 5.37. The van der Waals surface area contributed by atoms with Crippen LogP contribution in [0.5, 0.6) is 5.75 Å². The lowest BCUT2D eigenvalue weighted by Gasteiger charge is -2.20. The number of carbonyl (C=O) groups excluding carboxylic acids is 1. The fourth-order valence-electron chi connectivity index (χ4n) is 3.32. The Hall–Kier alpha value is -3.32. The lowest BCUT2D eigenvalue weighted by molar-refractivity contribution is -0.123. The Morgan fingerprint density at radius 1 is 0.970 bits per heavy atom. The Bertz CT molecular complexity index is 1150. The molecule has 0 aliphatic rings. The predicted molar refractivity (Wildman–Crippen MR) is 131 cm³/mol. The van der Waals surface area contributed by atoms with Crippen LogP contribution >= 0.6 is 0 Å². The minimum Gasteiger partial charge on any atom is -0.484 e. The third-order valence-corrected chi connectivity index (χ3v) is 7.17. The zero-order valence-electron chi connectivity index (χ0n) is 19.2. The van der Waals surface area contributed by atoms with Crippen LogP contribution in [0.15, 0.2) is 83.8 Å². The molecular weight excluding hydrogens is 436 g/mol. The monoisotopic (exact) mass is 466 g/mol. The van der Waals surface area contributed by atoms with Gasteiger partial charge in [-0.05, 0) is 68.7 Å². The average Bonchev–Trinajstić information content (AvgIpc) is 2.82. The van der Waals surface area contributed by atoms with Gasteiger partial charge in [0.1, 0.15) is 5.75 Å². The summed E-state index contributed by atoms with van der Waals surface area (Å²) in [6.07, 6.45) is 1.73. The topological polar surface area (TPSA) is 75.7 Å². The minimum absolute atomic E-state index is 0.0318. The van der Waals surface area contributed by atoms with Crippen LogP contribution in [0.1, 0.15) is 24.5 Å². The Labute approximate surface area is 196 Å². The molecule has 3 rings (SSSR count). The van der Waals surface area contributed by atoms with Crippen molar-refractivity contribution in [2.24, 2.45) is 0 Å². The largest absolute Gasteiger partial charge is 0.484 e. The van der Waals surface area contributed by atoms with Crippen molar-refractivity contribution >= 4 is 21.6 Å². The Morgan fingerprint density at radius 2 is 1.61 bits per heavy atom. The summed E-state index contributed by atoms with van der Waals surface area (Å²) in [5.74, 6) is 0.297. The maximum atomic E-state index is 12.8. The van der Waals surface area contributed by atoms with Crippen LogP contribution in [0.3, 0.4) is 0 Å². The number of hydrogen-bond acceptors (Lipinski definition) is 4. The zero-order valence-corrected chi connectivity index (χ0v) is 20.0. The smallest absolute Gasteiger partial charge is 0.264 e. The van der Waals surface area contributed by atoms with Crippen molar-refractivity contribution < 1.29 is 17.9 Å². The molecule has 0 aliphatic heterocycles. The first-order valence-corrected chi connectivity index (χ1v) is 12.3. The molecule has 0 aliphatic carbocycles. The number of amides is 1. The highest BCUT2D eigenvalue weighted by Crippen LogP contribution is 2.24. The van der Waals surface area contributed by atoms with E-state index in [1.807, 2.05) is 32.0 Å². The molecule has 7 heteroatoms. The first-order chi connectivity index (χ1) is 15.8. The van der Waals surface area contributed by atoms with Crippen molar-refractivity contribution in [1.29, 1.82) is 0 Å². The molecule has 1 amide bonds. The van der Waals surface area contributed by atoms with Crippen molar-refractivity contribution in [2.75, 3.05) is 18.0 Å². The van der Waals surface area contributed by atoms with E-state index in [0.717, 1.165) is 18.4 Å². The highest BCUT2D eigenvalue weighted by molar-refractivity contribution is 7.92. The number of nitrogens with zero attached hydrogens (tertiary/aromatic N) is 1. The van der Waals surface area contributed by atoms with Crippen LogP contribution in [-0.4, -0.2) is 34.0 Å². The van der Waals surface area contributed by atoms with E-state index in [1.54, 1.807) is 48.5 Å². The van der Waals surface area contributed by atoms with Gasteiger partial charge in [-0.2, -0.15) is 0 Å². The van der Waals surface area contributed by atoms with E-state index in [2.05, 4.69) is 17.4 Å². The fraction of sp³-hybridized carbons (Fsp3) is 0.269. The second kappa shape index (κ2) is 11.0. The summed E-state index contributed by atoms with van der Waals surface area (Å²) >= 11 is 0. The van der Waals surface area contributed by atoms with E-state index in [9.17, 15) is 13.2 Å². The summed E-state index contributed by atoms with van der Waals surface area (Å²) in [7, 11) is -2.15. The number of nitrogens with one attached hydrogen (secondary N) is 1. The molecule has 174 valence electrons. The van der Waals surface area contributed by atoms with E-state index < -0.39 is 10.0 Å². The van der Waals surface area contributed by atoms with Crippen LogP contribution in [0.25, 0.3) is 0 Å². The number of ether oxygens (including phenoxy) is 1. The van der Waals surface area contributed by atoms with Gasteiger partial charge >= 0.3 is 0 Å². The van der Waals surface area contributed by atoms with Gasteiger partial charge in [0.25, 0.3) is 15.9 Å². The standard InChI is InChI=1S/C26H30N2O4S/c1-20-9-17-25(18-10-20)33(30,31)28(3)23-13-15-24(16-14-23)32-19-26(29)27-21(2)11-12-22-7-5-4-6-8-22/h4-10,13-18,21H,11-12,19H2,1-3H3,(H,27,29). The van der Waals surface area contributed by atoms with E-state index in [1.165, 1.54) is 16.9 Å². The van der Waals surface area contributed by atoms with E-state index in [0.29, 0.717) is 11.4 Å². The second-order valence-corrected chi connectivity index (χ2v) is 10.0. The van der Waals surface area contributed by atoms with Crippen LogP contribution in [0, 0.1) is 6.92 Å². The first kappa shape index (κ1) is 24.3. The molecule has 0 fully saturated rings. The highest BCUT2D eigenvalue weighted by Gasteiger charge is 2.21. The summed E-state index contributed by atoms with van der Waals surface area (Å²) in [5, 5.41) is 2.94. The summed E-state index contributed by atoms with van der Waals surface area (Å²) in [6.45, 7) is 3.77. The molecule has 1 atom stereocenters. The summed E-state index contributed by atoms with van der Waals surface area (Å²) in [4.78, 5) is 12.4. The number of rotatable bonds is 10. The van der Waals surface area contributed by atoms with Gasteiger partial charge in [-0.15, -0.1) is 0 Å². The molecular formula is C26H30N2O4S. The van der Waals surface area contributed by atoms with Crippen LogP contribution < -0.4 is 14.4 Å².